The molecule has 2 amide bonds. The fourth-order valence-electron chi connectivity index (χ4n) is 11.9. The van der Waals surface area contributed by atoms with Gasteiger partial charge in [-0.25, -0.2) is 4.79 Å². The van der Waals surface area contributed by atoms with E-state index in [0.717, 1.165) is 5.56 Å². The van der Waals surface area contributed by atoms with Gasteiger partial charge in [-0.1, -0.05) is 41.9 Å². The zero-order valence-corrected chi connectivity index (χ0v) is 73.9. The van der Waals surface area contributed by atoms with Crippen molar-refractivity contribution >= 4 is 76.2 Å². The summed E-state index contributed by atoms with van der Waals surface area (Å²) in [4.78, 5) is 105. The number of amides is 2. The number of anilines is 2. The molecule has 5 rings (SSSR count). The molecule has 0 aliphatic carbocycles. The molecule has 1 saturated heterocycles. The summed E-state index contributed by atoms with van der Waals surface area (Å²) in [6.45, 7) is 44.8. The number of halogens is 1. The van der Waals surface area contributed by atoms with Crippen molar-refractivity contribution in [2.45, 2.75) is 223 Å². The lowest BCUT2D eigenvalue weighted by atomic mass is 10.0. The maximum Gasteiger partial charge on any atom is 0.320 e. The summed E-state index contributed by atoms with van der Waals surface area (Å²) in [5, 5.41) is 12.8. The molecule has 0 radical (unpaired) electrons. The maximum absolute atomic E-state index is 14.9. The number of rotatable bonds is 36. The van der Waals surface area contributed by atoms with Crippen LogP contribution in [0.1, 0.15) is 180 Å². The van der Waals surface area contributed by atoms with E-state index in [9.17, 15) is 33.6 Å². The highest BCUT2D eigenvalue weighted by Gasteiger charge is 2.33. The topological polar surface area (TPSA) is 296 Å². The molecule has 0 saturated carbocycles. The van der Waals surface area contributed by atoms with Gasteiger partial charge >= 0.3 is 35.9 Å². The first-order chi connectivity index (χ1) is 53.4. The number of nitrogens with zero attached hydrogens (tertiary/aromatic N) is 5. The predicted octanol–water partition coefficient (Wildman–Crippen LogP) is 11.7. The van der Waals surface area contributed by atoms with Crippen molar-refractivity contribution in [1.82, 2.24) is 34.8 Å². The van der Waals surface area contributed by atoms with Crippen LogP contribution in [-0.2, 0) is 79.6 Å². The Labute approximate surface area is 692 Å². The molecular formula is C85H132ClN9O19S. The second-order valence-electron chi connectivity index (χ2n) is 35.4. The average Bonchev–Trinajstić information content (AvgIpc) is 0.777. The van der Waals surface area contributed by atoms with Crippen molar-refractivity contribution in [2.75, 3.05) is 149 Å². The van der Waals surface area contributed by atoms with Gasteiger partial charge in [-0.2, -0.15) is 0 Å². The van der Waals surface area contributed by atoms with Crippen LogP contribution in [0.25, 0.3) is 0 Å². The molecule has 1 fully saturated rings. The van der Waals surface area contributed by atoms with Gasteiger partial charge in [-0.3, -0.25) is 48.4 Å². The van der Waals surface area contributed by atoms with Crippen molar-refractivity contribution < 1.29 is 85.6 Å². The lowest BCUT2D eigenvalue weighted by molar-refractivity contribution is -0.160. The van der Waals surface area contributed by atoms with E-state index in [2.05, 4.69) is 26.2 Å². The minimum atomic E-state index is -0.953. The Kier molecular flexibility index (Phi) is 38.5. The Morgan fingerprint density at radius 3 is 1.55 bits per heavy atom. The summed E-state index contributed by atoms with van der Waals surface area (Å²) in [7, 11) is 0. The van der Waals surface area contributed by atoms with Crippen molar-refractivity contribution in [3.8, 4) is 17.2 Å². The number of hydrogen-bond acceptors (Lipinski definition) is 24. The molecule has 115 heavy (non-hydrogen) atoms. The van der Waals surface area contributed by atoms with Crippen LogP contribution in [0.2, 0.25) is 5.02 Å². The van der Waals surface area contributed by atoms with Crippen LogP contribution in [0.3, 0.4) is 0 Å². The minimum absolute atomic E-state index is 0.0235. The summed E-state index contributed by atoms with van der Waals surface area (Å²) in [6, 6.07) is 17.8. The quantitative estimate of drug-likeness (QED) is 0.0142. The van der Waals surface area contributed by atoms with E-state index in [1.807, 2.05) is 164 Å². The average molecular weight is 1650 g/mol. The van der Waals surface area contributed by atoms with Gasteiger partial charge in [-0.15, -0.1) is 0 Å². The van der Waals surface area contributed by atoms with Gasteiger partial charge in [0.15, 0.2) is 16.5 Å². The van der Waals surface area contributed by atoms with E-state index in [4.69, 9.17) is 80.7 Å². The normalized spacial score (nSPS) is 15.2. The molecule has 1 aliphatic heterocycles. The highest BCUT2D eigenvalue weighted by Crippen LogP contribution is 2.32. The molecule has 1 aromatic heterocycles. The van der Waals surface area contributed by atoms with Crippen molar-refractivity contribution in [3.05, 3.63) is 111 Å². The van der Waals surface area contributed by atoms with Gasteiger partial charge in [0.05, 0.1) is 96.0 Å². The molecule has 28 nitrogen and oxygen atoms in total. The standard InChI is InChI=1S/C85H132ClN9O19S/c1-59-52-95(54-65-66(86)27-24-28-68(65)106-46-48-109-80(5,6)7)76(101)74(90-77(102)89-67(51-69(96)110-81(8,9)10)61-25-23-26-64(50-61)105-45-47-108-79(2,3)4)75(59)107-44-43-104-42-41-103-40-33-87-78(115)88-62-31-29-60(30-32-62)49-63-53-93(57-72(99)113-84(17,18)19)37-36-91(55-70(97)111-82(11,12)13)34-35-92(56-71(98)112-83(14,15)16)38-39-94(63)58-73(100)114-85(20,21)22/h23-32,50,52,63,67H,33-49,51,53-58H2,1-22H3,(H2,87,88,115)(H2,89,90,102)/t63?,67-/m0/s1. The Morgan fingerprint density at radius 2 is 1.00 bits per heavy atom. The fraction of sp³-hybridized carbons (Fsp3) is 0.647. The summed E-state index contributed by atoms with van der Waals surface area (Å²) in [5.41, 5.74) is -2.20. The number of carbonyl (C=O) groups is 6. The zero-order valence-electron chi connectivity index (χ0n) is 72.3. The van der Waals surface area contributed by atoms with E-state index in [1.165, 1.54) is 4.57 Å². The van der Waals surface area contributed by atoms with Crippen LogP contribution < -0.4 is 41.0 Å². The molecule has 4 aromatic rings. The molecule has 0 bridgehead atoms. The van der Waals surface area contributed by atoms with Crippen LogP contribution in [0.5, 0.6) is 17.2 Å². The van der Waals surface area contributed by atoms with Crippen molar-refractivity contribution in [2.24, 2.45) is 0 Å². The highest BCUT2D eigenvalue weighted by molar-refractivity contribution is 7.80. The third kappa shape index (κ3) is 41.3. The molecule has 1 aliphatic rings. The smallest absolute Gasteiger partial charge is 0.320 e. The van der Waals surface area contributed by atoms with Crippen molar-refractivity contribution in [1.29, 1.82) is 0 Å². The lowest BCUT2D eigenvalue weighted by Crippen LogP contribution is -2.54. The minimum Gasteiger partial charge on any atom is -0.491 e. The first kappa shape index (κ1) is 97.9. The van der Waals surface area contributed by atoms with E-state index < -0.39 is 81.5 Å². The second-order valence-corrected chi connectivity index (χ2v) is 36.2. The Morgan fingerprint density at radius 1 is 0.522 bits per heavy atom. The summed E-state index contributed by atoms with van der Waals surface area (Å²) < 4.78 is 72.5. The number of pyridine rings is 1. The molecule has 2 atom stereocenters. The predicted molar refractivity (Wildman–Crippen MR) is 450 cm³/mol. The monoisotopic (exact) mass is 1650 g/mol. The molecule has 644 valence electrons. The maximum atomic E-state index is 14.9. The van der Waals surface area contributed by atoms with Crippen LogP contribution in [0.4, 0.5) is 16.2 Å². The van der Waals surface area contributed by atoms with Gasteiger partial charge in [0.2, 0.25) is 0 Å². The first-order valence-electron chi connectivity index (χ1n) is 39.6. The second kappa shape index (κ2) is 45.3. The Bertz CT molecular complexity index is 3830. The van der Waals surface area contributed by atoms with Gasteiger partial charge in [0.1, 0.15) is 59.3 Å². The van der Waals surface area contributed by atoms with Crippen molar-refractivity contribution in [3.63, 3.8) is 0 Å². The molecule has 4 N–H and O–H groups in total. The number of esters is 5. The van der Waals surface area contributed by atoms with Crippen LogP contribution >= 0.6 is 23.8 Å². The fourth-order valence-corrected chi connectivity index (χ4v) is 12.3. The third-order valence-corrected chi connectivity index (χ3v) is 17.1. The number of aromatic nitrogens is 1. The van der Waals surface area contributed by atoms with E-state index in [1.54, 1.807) is 76.4 Å². The molecule has 3 aromatic carbocycles. The first-order valence-corrected chi connectivity index (χ1v) is 40.4. The molecule has 2 heterocycles. The Balaban J connectivity index is 1.27. The number of ether oxygens (including phenoxy) is 12. The highest BCUT2D eigenvalue weighted by atomic mass is 35.5. The van der Waals surface area contributed by atoms with Gasteiger partial charge in [0.25, 0.3) is 5.56 Å². The van der Waals surface area contributed by atoms with Gasteiger partial charge in [0, 0.05) is 86.4 Å². The number of nitrogens with one attached hydrogen (secondary N) is 4. The van der Waals surface area contributed by atoms with E-state index in [-0.39, 0.29) is 108 Å². The molecule has 0 spiro atoms. The van der Waals surface area contributed by atoms with Crippen LogP contribution in [-0.4, -0.2) is 248 Å². The van der Waals surface area contributed by atoms with Crippen LogP contribution in [0.15, 0.2) is 77.7 Å². The number of benzene rings is 3. The SMILES string of the molecule is Cc1cn(Cc2c(Cl)cccc2OCCOC(C)(C)C)c(=O)c(NC(=O)N[C@@H](CC(=O)OC(C)(C)C)c2cccc(OCCOC(C)(C)C)c2)c1OCCOCCOCCNC(=S)Nc1ccc(CC2CN(CC(=O)OC(C)(C)C)CCN(CC(=O)OC(C)(C)C)CCN(CC(=O)OC(C)(C)C)CCN2CC(=O)OC(C)(C)C)cc1. The Hall–Kier alpha value is -7.71. The van der Waals surface area contributed by atoms with Gasteiger partial charge < -0.3 is 82.7 Å². The van der Waals surface area contributed by atoms with Crippen LogP contribution in [0, 0.1) is 6.92 Å². The number of hydrogen-bond donors (Lipinski definition) is 4. The van der Waals surface area contributed by atoms with E-state index in [0.29, 0.717) is 116 Å². The summed E-state index contributed by atoms with van der Waals surface area (Å²) in [6.07, 6.45) is 1.77. The molecule has 1 unspecified atom stereocenters. The summed E-state index contributed by atoms with van der Waals surface area (Å²) >= 11 is 12.5. The zero-order chi connectivity index (χ0) is 85.7. The molecular weight excluding hydrogens is 1520 g/mol. The van der Waals surface area contributed by atoms with E-state index >= 15 is 0 Å². The molecule has 30 heteroatoms. The number of thiocarbonyl (C=S) groups is 1. The number of urea groups is 1. The third-order valence-electron chi connectivity index (χ3n) is 16.5. The number of aryl methyl sites for hydroxylation is 1. The summed E-state index contributed by atoms with van der Waals surface area (Å²) in [5.74, 6) is -1.23. The lowest BCUT2D eigenvalue weighted by Gasteiger charge is -2.39. The largest absolute Gasteiger partial charge is 0.491 e. The number of carbonyl (C=O) groups excluding carboxylic acids is 6. The van der Waals surface area contributed by atoms with Gasteiger partial charge in [-0.05, 0) is 218 Å².